The van der Waals surface area contributed by atoms with Gasteiger partial charge in [-0.1, -0.05) is 60.7 Å². The zero-order chi connectivity index (χ0) is 10.2. The second-order valence-electron chi connectivity index (χ2n) is 2.63. The first-order chi connectivity index (χ1) is 6.79. The van der Waals surface area contributed by atoms with Crippen LogP contribution in [0.25, 0.3) is 0 Å². The van der Waals surface area contributed by atoms with E-state index >= 15 is 0 Å². The third kappa shape index (κ3) is 10.1. The molecule has 0 fully saturated rings. The van der Waals surface area contributed by atoms with Gasteiger partial charge in [0.25, 0.3) is 0 Å². The second-order valence-corrected chi connectivity index (χ2v) is 3.57. The Bertz CT molecular complexity index is 314. The molecule has 16 heavy (non-hydrogen) atoms. The van der Waals surface area contributed by atoms with E-state index in [2.05, 4.69) is 0 Å². The van der Waals surface area contributed by atoms with E-state index < -0.39 is 0 Å². The van der Waals surface area contributed by atoms with E-state index in [1.54, 1.807) is 0 Å². The molecule has 0 saturated carbocycles. The summed E-state index contributed by atoms with van der Waals surface area (Å²) in [6.45, 7) is 0. The summed E-state index contributed by atoms with van der Waals surface area (Å²) in [7, 11) is 0. The van der Waals surface area contributed by atoms with Crippen LogP contribution in [0.4, 0.5) is 0 Å². The first-order valence-corrected chi connectivity index (χ1v) is 5.05. The zero-order valence-electron chi connectivity index (χ0n) is 9.59. The number of hydrogen-bond donors (Lipinski definition) is 0. The van der Waals surface area contributed by atoms with Crippen molar-refractivity contribution in [3.05, 3.63) is 60.7 Å². The summed E-state index contributed by atoms with van der Waals surface area (Å²) in [4.78, 5) is 1.81. The van der Waals surface area contributed by atoms with Crippen molar-refractivity contribution in [2.24, 2.45) is 0 Å². The third-order valence-electron chi connectivity index (χ3n) is 1.49. The monoisotopic (exact) mass is 264 g/mol. The van der Waals surface area contributed by atoms with Crippen molar-refractivity contribution < 1.29 is 59.1 Å². The van der Waals surface area contributed by atoms with E-state index in [4.69, 9.17) is 25.3 Å². The van der Waals surface area contributed by atoms with Crippen molar-refractivity contribution in [2.45, 2.75) is 9.79 Å². The van der Waals surface area contributed by atoms with Crippen LogP contribution in [0.1, 0.15) is 0 Å². The number of benzene rings is 2. The first kappa shape index (κ1) is 19.2. The molecule has 0 N–H and O–H groups in total. The van der Waals surface area contributed by atoms with E-state index in [-0.39, 0.29) is 59.1 Å². The molecule has 0 aromatic heterocycles. The predicted octanol–water partition coefficient (Wildman–Crippen LogP) is -2.81. The second kappa shape index (κ2) is 12.3. The first-order valence-electron chi connectivity index (χ1n) is 4.23. The van der Waals surface area contributed by atoms with Gasteiger partial charge < -0.3 is 25.3 Å². The van der Waals surface area contributed by atoms with Crippen LogP contribution in [0.3, 0.4) is 0 Å². The van der Waals surface area contributed by atoms with Gasteiger partial charge in [-0.25, -0.2) is 0 Å². The summed E-state index contributed by atoms with van der Waals surface area (Å²) in [6, 6.07) is 19.2. The maximum atomic E-state index is 4.81. The molecule has 0 saturated heterocycles. The van der Waals surface area contributed by atoms with Gasteiger partial charge >= 0.3 is 59.1 Å². The maximum absolute atomic E-state index is 4.81. The van der Waals surface area contributed by atoms with E-state index in [0.717, 1.165) is 9.79 Å². The van der Waals surface area contributed by atoms with Crippen LogP contribution in [-0.2, 0) is 25.3 Å². The molecule has 4 heteroatoms. The van der Waals surface area contributed by atoms with Crippen LogP contribution in [0, 0.1) is 0 Å². The van der Waals surface area contributed by atoms with Crippen LogP contribution in [-0.4, -0.2) is 0 Å². The van der Waals surface area contributed by atoms with Crippen molar-refractivity contribution in [3.8, 4) is 0 Å². The minimum absolute atomic E-state index is 0. The van der Waals surface area contributed by atoms with E-state index in [1.165, 1.54) is 0 Å². The van der Waals surface area contributed by atoms with E-state index in [1.807, 2.05) is 60.7 Å². The van der Waals surface area contributed by atoms with Gasteiger partial charge in [0, 0.05) is 0 Å². The van der Waals surface area contributed by atoms with Crippen molar-refractivity contribution in [1.29, 1.82) is 0 Å². The van der Waals surface area contributed by atoms with Gasteiger partial charge in [-0.05, 0) is 0 Å². The Morgan fingerprint density at radius 2 is 0.750 bits per heavy atom. The molecule has 0 aliphatic rings. The van der Waals surface area contributed by atoms with Crippen LogP contribution >= 0.6 is 0 Å². The molecule has 0 spiro atoms. The molecule has 0 heterocycles. The molecule has 0 nitrogen and oxygen atoms in total. The zero-order valence-corrected chi connectivity index (χ0v) is 15.2. The maximum Gasteiger partial charge on any atom is 1.00 e. The summed E-state index contributed by atoms with van der Waals surface area (Å²) in [5.41, 5.74) is 0. The topological polar surface area (TPSA) is 0 Å². The van der Waals surface area contributed by atoms with Crippen LogP contribution in [0.15, 0.2) is 70.5 Å². The molecular formula is C12H10Na2S2. The van der Waals surface area contributed by atoms with E-state index in [0.29, 0.717) is 0 Å². The minimum Gasteiger partial charge on any atom is -0.780 e. The Morgan fingerprint density at radius 1 is 0.500 bits per heavy atom. The molecule has 2 aromatic carbocycles. The Labute approximate surface area is 153 Å². The average Bonchev–Trinajstić information content (AvgIpc) is 2.21. The van der Waals surface area contributed by atoms with Crippen LogP contribution in [0.5, 0.6) is 0 Å². The minimum atomic E-state index is 0. The number of rotatable bonds is 0. The molecule has 0 radical (unpaired) electrons. The summed E-state index contributed by atoms with van der Waals surface area (Å²) in [6.07, 6.45) is 0. The van der Waals surface area contributed by atoms with Gasteiger partial charge in [-0.15, -0.1) is 0 Å². The average molecular weight is 264 g/mol. The Hall–Kier alpha value is 0.880. The number of hydrogen-bond acceptors (Lipinski definition) is 2. The van der Waals surface area contributed by atoms with Crippen molar-refractivity contribution >= 4 is 25.3 Å². The molecule has 0 aliphatic carbocycles. The summed E-state index contributed by atoms with van der Waals surface area (Å²) in [5.74, 6) is 0. The summed E-state index contributed by atoms with van der Waals surface area (Å²) >= 11 is 9.62. The van der Waals surface area contributed by atoms with Crippen LogP contribution in [0.2, 0.25) is 0 Å². The summed E-state index contributed by atoms with van der Waals surface area (Å²) < 4.78 is 0. The van der Waals surface area contributed by atoms with Crippen LogP contribution < -0.4 is 59.1 Å². The van der Waals surface area contributed by atoms with Gasteiger partial charge in [0.15, 0.2) is 0 Å². The quantitative estimate of drug-likeness (QED) is 0.372. The standard InChI is InChI=1S/2C6H6S.2Na/c2*7-6-4-2-1-3-5-6;;/h2*1-5,7H;;/q;;2*+1/p-2. The molecule has 2 rings (SSSR count). The third-order valence-corrected chi connectivity index (χ3v) is 2.03. The van der Waals surface area contributed by atoms with Gasteiger partial charge in [0.2, 0.25) is 0 Å². The van der Waals surface area contributed by atoms with Crippen molar-refractivity contribution in [3.63, 3.8) is 0 Å². The molecule has 0 aliphatic heterocycles. The fraction of sp³-hybridized carbons (Fsp3) is 0. The Kier molecular flexibility index (Phi) is 14.8. The molecule has 72 valence electrons. The smallest absolute Gasteiger partial charge is 0.780 e. The molecular weight excluding hydrogens is 254 g/mol. The normalized spacial score (nSPS) is 7.50. The molecule has 0 amide bonds. The van der Waals surface area contributed by atoms with Gasteiger partial charge in [0.05, 0.1) is 0 Å². The Balaban J connectivity index is 0. The van der Waals surface area contributed by atoms with Crippen molar-refractivity contribution in [1.82, 2.24) is 0 Å². The largest absolute Gasteiger partial charge is 1.00 e. The SMILES string of the molecule is [Na+].[Na+].[S-]c1ccccc1.[S-]c1ccccc1. The summed E-state index contributed by atoms with van der Waals surface area (Å²) in [5, 5.41) is 0. The fourth-order valence-electron chi connectivity index (χ4n) is 0.841. The van der Waals surface area contributed by atoms with Crippen molar-refractivity contribution in [2.75, 3.05) is 0 Å². The van der Waals surface area contributed by atoms with E-state index in [9.17, 15) is 0 Å². The molecule has 2 aromatic rings. The van der Waals surface area contributed by atoms with Gasteiger partial charge in [0.1, 0.15) is 0 Å². The molecule has 0 bridgehead atoms. The van der Waals surface area contributed by atoms with Gasteiger partial charge in [-0.2, -0.15) is 9.79 Å². The molecule has 0 atom stereocenters. The fourth-order valence-corrected chi connectivity index (χ4v) is 1.16. The Morgan fingerprint density at radius 3 is 0.875 bits per heavy atom. The predicted molar refractivity (Wildman–Crippen MR) is 64.1 cm³/mol. The van der Waals surface area contributed by atoms with Gasteiger partial charge in [-0.3, -0.25) is 0 Å². The molecule has 0 unspecified atom stereocenters.